The number of aliphatic hydroxyl groups is 1. The summed E-state index contributed by atoms with van der Waals surface area (Å²) in [6.07, 6.45) is 1.01. The minimum absolute atomic E-state index is 0.241. The summed E-state index contributed by atoms with van der Waals surface area (Å²) in [6, 6.07) is 0.806. The fraction of sp³-hybridized carbons (Fsp3) is 1.00. The standard InChI is InChI=1S/C10H23NO2/c1-8(7-12)10(3)11-9(2)5-6-13-4/h8-12H,5-7H2,1-4H3. The third-order valence-corrected chi connectivity index (χ3v) is 2.44. The van der Waals surface area contributed by atoms with Crippen molar-refractivity contribution in [3.63, 3.8) is 0 Å². The quantitative estimate of drug-likeness (QED) is 0.628. The average Bonchev–Trinajstić information content (AvgIpc) is 2.13. The van der Waals surface area contributed by atoms with E-state index in [9.17, 15) is 0 Å². The Hall–Kier alpha value is -0.120. The zero-order valence-corrected chi connectivity index (χ0v) is 9.21. The van der Waals surface area contributed by atoms with Gasteiger partial charge in [-0.3, -0.25) is 0 Å². The first-order valence-electron chi connectivity index (χ1n) is 4.97. The van der Waals surface area contributed by atoms with Gasteiger partial charge < -0.3 is 15.2 Å². The molecule has 0 aliphatic heterocycles. The molecule has 3 atom stereocenters. The first-order chi connectivity index (χ1) is 6.11. The molecule has 2 N–H and O–H groups in total. The summed E-state index contributed by atoms with van der Waals surface area (Å²) in [5, 5.41) is 12.4. The summed E-state index contributed by atoms with van der Waals surface area (Å²) in [5.41, 5.74) is 0. The van der Waals surface area contributed by atoms with Gasteiger partial charge in [-0.25, -0.2) is 0 Å². The van der Waals surface area contributed by atoms with Crippen molar-refractivity contribution in [1.29, 1.82) is 0 Å². The van der Waals surface area contributed by atoms with Crippen molar-refractivity contribution in [3.05, 3.63) is 0 Å². The normalized spacial score (nSPS) is 18.2. The molecule has 0 aromatic heterocycles. The van der Waals surface area contributed by atoms with Gasteiger partial charge in [-0.15, -0.1) is 0 Å². The van der Waals surface area contributed by atoms with Crippen LogP contribution in [0.3, 0.4) is 0 Å². The molecule has 0 saturated heterocycles. The van der Waals surface area contributed by atoms with E-state index in [1.54, 1.807) is 7.11 Å². The van der Waals surface area contributed by atoms with Crippen molar-refractivity contribution in [1.82, 2.24) is 5.32 Å². The summed E-state index contributed by atoms with van der Waals surface area (Å²) < 4.78 is 4.99. The molecule has 3 unspecified atom stereocenters. The second-order valence-electron chi connectivity index (χ2n) is 3.80. The summed E-state index contributed by atoms with van der Waals surface area (Å²) in [7, 11) is 1.71. The lowest BCUT2D eigenvalue weighted by molar-refractivity contribution is 0.171. The molecule has 13 heavy (non-hydrogen) atoms. The highest BCUT2D eigenvalue weighted by molar-refractivity contribution is 4.71. The molecule has 80 valence electrons. The van der Waals surface area contributed by atoms with Crippen LogP contribution in [0.25, 0.3) is 0 Å². The Balaban J connectivity index is 3.57. The van der Waals surface area contributed by atoms with E-state index in [4.69, 9.17) is 9.84 Å². The minimum atomic E-state index is 0.241. The Labute approximate surface area is 81.5 Å². The lowest BCUT2D eigenvalue weighted by Crippen LogP contribution is -2.40. The molecule has 0 rings (SSSR count). The second kappa shape index (κ2) is 7.30. The monoisotopic (exact) mass is 189 g/mol. The largest absolute Gasteiger partial charge is 0.396 e. The van der Waals surface area contributed by atoms with Gasteiger partial charge in [0.1, 0.15) is 0 Å². The third kappa shape index (κ3) is 6.02. The molecule has 3 heteroatoms. The van der Waals surface area contributed by atoms with Crippen LogP contribution in [-0.2, 0) is 4.74 Å². The van der Waals surface area contributed by atoms with Gasteiger partial charge in [-0.05, 0) is 26.2 Å². The van der Waals surface area contributed by atoms with Gasteiger partial charge in [0.25, 0.3) is 0 Å². The Morgan fingerprint density at radius 1 is 1.31 bits per heavy atom. The van der Waals surface area contributed by atoms with E-state index in [1.807, 2.05) is 6.92 Å². The van der Waals surface area contributed by atoms with Gasteiger partial charge in [0.15, 0.2) is 0 Å². The van der Waals surface area contributed by atoms with E-state index < -0.39 is 0 Å². The number of rotatable bonds is 7. The van der Waals surface area contributed by atoms with Gasteiger partial charge in [-0.2, -0.15) is 0 Å². The van der Waals surface area contributed by atoms with Crippen LogP contribution < -0.4 is 5.32 Å². The number of methoxy groups -OCH3 is 1. The minimum Gasteiger partial charge on any atom is -0.396 e. The molecule has 3 nitrogen and oxygen atoms in total. The Bertz CT molecular complexity index is 119. The van der Waals surface area contributed by atoms with Crippen molar-refractivity contribution in [2.75, 3.05) is 20.3 Å². The van der Waals surface area contributed by atoms with Gasteiger partial charge in [0.05, 0.1) is 0 Å². The van der Waals surface area contributed by atoms with Crippen LogP contribution in [0.4, 0.5) is 0 Å². The molecule has 0 fully saturated rings. The zero-order valence-electron chi connectivity index (χ0n) is 9.21. The molecule has 0 aliphatic rings. The van der Waals surface area contributed by atoms with Crippen molar-refractivity contribution >= 4 is 0 Å². The van der Waals surface area contributed by atoms with Gasteiger partial charge in [0, 0.05) is 32.4 Å². The number of hydrogen-bond donors (Lipinski definition) is 2. The maximum atomic E-state index is 8.93. The molecule has 0 amide bonds. The Morgan fingerprint density at radius 3 is 2.38 bits per heavy atom. The van der Waals surface area contributed by atoms with Gasteiger partial charge in [-0.1, -0.05) is 6.92 Å². The first kappa shape index (κ1) is 12.9. The van der Waals surface area contributed by atoms with Crippen molar-refractivity contribution in [2.45, 2.75) is 39.3 Å². The smallest absolute Gasteiger partial charge is 0.0476 e. The highest BCUT2D eigenvalue weighted by Crippen LogP contribution is 2.03. The van der Waals surface area contributed by atoms with Crippen LogP contribution in [0.15, 0.2) is 0 Å². The van der Waals surface area contributed by atoms with Crippen LogP contribution in [0, 0.1) is 5.92 Å². The van der Waals surface area contributed by atoms with E-state index in [2.05, 4.69) is 19.2 Å². The topological polar surface area (TPSA) is 41.5 Å². The fourth-order valence-corrected chi connectivity index (χ4v) is 1.15. The van der Waals surface area contributed by atoms with Crippen LogP contribution in [0.5, 0.6) is 0 Å². The summed E-state index contributed by atoms with van der Waals surface area (Å²) in [6.45, 7) is 7.31. The number of nitrogens with one attached hydrogen (secondary N) is 1. The second-order valence-corrected chi connectivity index (χ2v) is 3.80. The summed E-state index contributed by atoms with van der Waals surface area (Å²) in [4.78, 5) is 0. The molecule has 0 bridgehead atoms. The highest BCUT2D eigenvalue weighted by Gasteiger charge is 2.12. The number of ether oxygens (including phenoxy) is 1. The molecule has 0 spiro atoms. The number of aliphatic hydroxyl groups excluding tert-OH is 1. The maximum Gasteiger partial charge on any atom is 0.0476 e. The lowest BCUT2D eigenvalue weighted by Gasteiger charge is -2.23. The Morgan fingerprint density at radius 2 is 1.92 bits per heavy atom. The average molecular weight is 189 g/mol. The third-order valence-electron chi connectivity index (χ3n) is 2.44. The van der Waals surface area contributed by atoms with Gasteiger partial charge >= 0.3 is 0 Å². The van der Waals surface area contributed by atoms with E-state index in [0.717, 1.165) is 13.0 Å². The molecular weight excluding hydrogens is 166 g/mol. The van der Waals surface area contributed by atoms with Crippen molar-refractivity contribution in [3.8, 4) is 0 Å². The predicted molar refractivity (Wildman–Crippen MR) is 54.8 cm³/mol. The Kier molecular flexibility index (Phi) is 7.23. The molecule has 0 saturated carbocycles. The van der Waals surface area contributed by atoms with Crippen LogP contribution in [0.1, 0.15) is 27.2 Å². The highest BCUT2D eigenvalue weighted by atomic mass is 16.5. The fourth-order valence-electron chi connectivity index (χ4n) is 1.15. The van der Waals surface area contributed by atoms with E-state index in [0.29, 0.717) is 18.0 Å². The van der Waals surface area contributed by atoms with Crippen molar-refractivity contribution < 1.29 is 9.84 Å². The van der Waals surface area contributed by atoms with Gasteiger partial charge in [0.2, 0.25) is 0 Å². The van der Waals surface area contributed by atoms with E-state index in [-0.39, 0.29) is 6.61 Å². The zero-order chi connectivity index (χ0) is 10.3. The molecule has 0 aromatic carbocycles. The lowest BCUT2D eigenvalue weighted by atomic mass is 10.0. The summed E-state index contributed by atoms with van der Waals surface area (Å²) >= 11 is 0. The predicted octanol–water partition coefficient (Wildman–Crippen LogP) is 1.02. The molecule has 0 aromatic rings. The van der Waals surface area contributed by atoms with E-state index in [1.165, 1.54) is 0 Å². The maximum absolute atomic E-state index is 8.93. The van der Waals surface area contributed by atoms with Crippen LogP contribution in [0.2, 0.25) is 0 Å². The molecule has 0 heterocycles. The molecular formula is C10H23NO2. The van der Waals surface area contributed by atoms with E-state index >= 15 is 0 Å². The van der Waals surface area contributed by atoms with Crippen LogP contribution in [-0.4, -0.2) is 37.5 Å². The van der Waals surface area contributed by atoms with Crippen molar-refractivity contribution in [2.24, 2.45) is 5.92 Å². The SMILES string of the molecule is COCCC(C)NC(C)C(C)CO. The summed E-state index contributed by atoms with van der Waals surface area (Å²) in [5.74, 6) is 0.310. The first-order valence-corrected chi connectivity index (χ1v) is 4.97. The van der Waals surface area contributed by atoms with Crippen LogP contribution >= 0.6 is 0 Å². The molecule has 0 aliphatic carbocycles. The number of hydrogen-bond acceptors (Lipinski definition) is 3. The molecule has 0 radical (unpaired) electrons.